The van der Waals surface area contributed by atoms with E-state index in [1.165, 1.54) is 41.8 Å². The van der Waals surface area contributed by atoms with Crippen molar-refractivity contribution in [2.75, 3.05) is 35.2 Å². The van der Waals surface area contributed by atoms with Crippen molar-refractivity contribution in [2.45, 2.75) is 31.6 Å². The normalized spacial score (nSPS) is 16.0. The summed E-state index contributed by atoms with van der Waals surface area (Å²) in [4.78, 5) is 13.2. The Morgan fingerprint density at radius 3 is 2.33 bits per heavy atom. The monoisotopic (exact) mass is 291 g/mol. The molecule has 0 bridgehead atoms. The topological polar surface area (TPSA) is 29.5 Å². The van der Waals surface area contributed by atoms with Gasteiger partial charge in [0.05, 0.1) is 21.1 Å². The smallest absolute Gasteiger partial charge is 0.410 e. The minimum atomic E-state index is -0.328. The van der Waals surface area contributed by atoms with Gasteiger partial charge >= 0.3 is 6.09 Å². The number of rotatable bonds is 3. The molecule has 4 nitrogen and oxygen atoms in total. The maximum Gasteiger partial charge on any atom is 0.414 e. The van der Waals surface area contributed by atoms with Crippen molar-refractivity contribution in [1.82, 2.24) is 9.38 Å². The van der Waals surface area contributed by atoms with Gasteiger partial charge in [0.15, 0.2) is 0 Å². The molecule has 1 aliphatic rings. The lowest BCUT2D eigenvalue weighted by Gasteiger charge is -2.28. The number of hydrogen-bond acceptors (Lipinski definition) is 2. The first-order chi connectivity index (χ1) is 9.79. The van der Waals surface area contributed by atoms with Crippen LogP contribution < -0.4 is 9.22 Å². The highest BCUT2D eigenvalue weighted by Crippen LogP contribution is 2.41. The molecule has 116 valence electrons. The Kier molecular flexibility index (Phi) is 4.57. The average Bonchev–Trinajstić information content (AvgIpc) is 2.90. The van der Waals surface area contributed by atoms with Crippen molar-refractivity contribution >= 4 is 11.8 Å². The van der Waals surface area contributed by atoms with E-state index in [0.717, 1.165) is 4.48 Å². The lowest BCUT2D eigenvalue weighted by atomic mass is 9.94. The van der Waals surface area contributed by atoms with Crippen molar-refractivity contribution in [2.24, 2.45) is 0 Å². The van der Waals surface area contributed by atoms with Gasteiger partial charge in [0.25, 0.3) is 0 Å². The molecule has 0 saturated heterocycles. The fourth-order valence-corrected chi connectivity index (χ4v) is 2.96. The summed E-state index contributed by atoms with van der Waals surface area (Å²) < 4.78 is 6.21. The maximum absolute atomic E-state index is 11.7. The Balaban J connectivity index is 2.34. The highest BCUT2D eigenvalue weighted by molar-refractivity contribution is 5.70. The van der Waals surface area contributed by atoms with Gasteiger partial charge in [-0.15, -0.1) is 0 Å². The van der Waals surface area contributed by atoms with Crippen LogP contribution in [0.25, 0.3) is 0 Å². The quantitative estimate of drug-likeness (QED) is 0.796. The third kappa shape index (κ3) is 3.76. The summed E-state index contributed by atoms with van der Waals surface area (Å²) in [6.07, 6.45) is 4.73. The zero-order valence-electron chi connectivity index (χ0n) is 13.8. The van der Waals surface area contributed by atoms with Crippen molar-refractivity contribution < 1.29 is 9.53 Å². The molecule has 1 aliphatic carbocycles. The second-order valence-corrected chi connectivity index (χ2v) is 6.98. The molecule has 0 radical (unpaired) electrons. The van der Waals surface area contributed by atoms with Crippen LogP contribution in [0, 0.1) is 0 Å². The number of carbonyl (C=O) groups excluding carboxylic acids is 1. The van der Waals surface area contributed by atoms with Gasteiger partial charge in [-0.25, -0.2) is 4.79 Å². The Hall–Kier alpha value is -1.55. The highest BCUT2D eigenvalue weighted by Gasteiger charge is 2.27. The molecule has 4 heteroatoms. The van der Waals surface area contributed by atoms with Crippen LogP contribution in [0.1, 0.15) is 37.2 Å². The number of carbonyl (C=O) groups is 1. The van der Waals surface area contributed by atoms with Gasteiger partial charge in [0.1, 0.15) is 11.4 Å². The molecule has 1 saturated carbocycles. The van der Waals surface area contributed by atoms with Crippen LogP contribution in [0.5, 0.6) is 5.75 Å². The Labute approximate surface area is 127 Å². The Bertz CT molecular complexity index is 512. The Morgan fingerprint density at radius 1 is 1.19 bits per heavy atom. The van der Waals surface area contributed by atoms with E-state index >= 15 is 0 Å². The SMILES string of the molecule is CN(C)C(=O)Oc1ccc([N+](C)(C)C)c(C2CCCC2)c1. The maximum atomic E-state index is 11.7. The zero-order valence-corrected chi connectivity index (χ0v) is 13.8. The first kappa shape index (κ1) is 15.8. The van der Waals surface area contributed by atoms with E-state index in [1.807, 2.05) is 6.07 Å². The van der Waals surface area contributed by atoms with Crippen LogP contribution in [0.15, 0.2) is 18.2 Å². The first-order valence-corrected chi connectivity index (χ1v) is 7.64. The van der Waals surface area contributed by atoms with Crippen LogP contribution in [0.4, 0.5) is 10.5 Å². The lowest BCUT2D eigenvalue weighted by molar-refractivity contribution is 0.172. The molecule has 1 aromatic rings. The lowest BCUT2D eigenvalue weighted by Crippen LogP contribution is -2.36. The predicted octanol–water partition coefficient (Wildman–Crippen LogP) is 3.60. The third-order valence-electron chi connectivity index (χ3n) is 4.09. The van der Waals surface area contributed by atoms with Crippen LogP contribution in [0.3, 0.4) is 0 Å². The van der Waals surface area contributed by atoms with Crippen molar-refractivity contribution in [3.05, 3.63) is 23.8 Å². The van der Waals surface area contributed by atoms with Gasteiger partial charge in [-0.3, -0.25) is 4.48 Å². The fraction of sp³-hybridized carbons (Fsp3) is 0.588. The van der Waals surface area contributed by atoms with Gasteiger partial charge in [-0.05, 0) is 30.9 Å². The van der Waals surface area contributed by atoms with E-state index in [0.29, 0.717) is 11.7 Å². The van der Waals surface area contributed by atoms with Crippen molar-refractivity contribution in [3.63, 3.8) is 0 Å². The molecule has 0 unspecified atom stereocenters. The number of quaternary nitrogens is 1. The summed E-state index contributed by atoms with van der Waals surface area (Å²) in [6, 6.07) is 6.07. The van der Waals surface area contributed by atoms with E-state index in [4.69, 9.17) is 4.74 Å². The average molecular weight is 291 g/mol. The third-order valence-corrected chi connectivity index (χ3v) is 4.09. The predicted molar refractivity (Wildman–Crippen MR) is 86.9 cm³/mol. The molecule has 0 N–H and O–H groups in total. The second kappa shape index (κ2) is 6.06. The van der Waals surface area contributed by atoms with Crippen LogP contribution >= 0.6 is 0 Å². The van der Waals surface area contributed by atoms with E-state index in [-0.39, 0.29) is 6.09 Å². The van der Waals surface area contributed by atoms with Crippen molar-refractivity contribution in [3.8, 4) is 5.75 Å². The number of benzene rings is 1. The van der Waals surface area contributed by atoms with E-state index in [9.17, 15) is 4.79 Å². The zero-order chi connectivity index (χ0) is 15.6. The standard InChI is InChI=1S/C17H27N2O2/c1-18(2)17(20)21-14-10-11-16(19(3,4)5)15(12-14)13-8-6-7-9-13/h10-13H,6-9H2,1-5H3/q+1. The molecule has 1 fully saturated rings. The number of hydrogen-bond donors (Lipinski definition) is 0. The summed E-state index contributed by atoms with van der Waals surface area (Å²) in [5.74, 6) is 1.24. The number of nitrogens with zero attached hydrogens (tertiary/aromatic N) is 2. The first-order valence-electron chi connectivity index (χ1n) is 7.64. The summed E-state index contributed by atoms with van der Waals surface area (Å²) in [6.45, 7) is 0. The largest absolute Gasteiger partial charge is 0.414 e. The minimum absolute atomic E-state index is 0.328. The Morgan fingerprint density at radius 2 is 1.81 bits per heavy atom. The summed E-state index contributed by atoms with van der Waals surface area (Å²) in [7, 11) is 9.93. The minimum Gasteiger partial charge on any atom is -0.410 e. The van der Waals surface area contributed by atoms with Gasteiger partial charge in [0, 0.05) is 25.7 Å². The molecule has 0 atom stereocenters. The van der Waals surface area contributed by atoms with Gasteiger partial charge in [-0.1, -0.05) is 12.8 Å². The number of amides is 1. The molecule has 21 heavy (non-hydrogen) atoms. The second-order valence-electron chi connectivity index (χ2n) is 6.98. The van der Waals surface area contributed by atoms with Crippen LogP contribution in [-0.4, -0.2) is 46.2 Å². The molecular weight excluding hydrogens is 264 g/mol. The summed E-state index contributed by atoms with van der Waals surface area (Å²) in [5.41, 5.74) is 2.65. The highest BCUT2D eigenvalue weighted by atomic mass is 16.6. The van der Waals surface area contributed by atoms with Crippen molar-refractivity contribution in [1.29, 1.82) is 0 Å². The van der Waals surface area contributed by atoms with Crippen LogP contribution in [0.2, 0.25) is 0 Å². The molecule has 0 aliphatic heterocycles. The van der Waals surface area contributed by atoms with Gasteiger partial charge in [-0.2, -0.15) is 0 Å². The molecule has 0 heterocycles. The fourth-order valence-electron chi connectivity index (χ4n) is 2.96. The summed E-state index contributed by atoms with van der Waals surface area (Å²) >= 11 is 0. The van der Waals surface area contributed by atoms with E-state index in [2.05, 4.69) is 33.3 Å². The molecule has 2 rings (SSSR count). The number of ether oxygens (including phenoxy) is 1. The van der Waals surface area contributed by atoms with Gasteiger partial charge < -0.3 is 9.64 Å². The van der Waals surface area contributed by atoms with Crippen LogP contribution in [-0.2, 0) is 0 Å². The molecule has 0 spiro atoms. The molecular formula is C17H27N2O2+. The van der Waals surface area contributed by atoms with E-state index < -0.39 is 0 Å². The van der Waals surface area contributed by atoms with Gasteiger partial charge in [0.2, 0.25) is 0 Å². The molecule has 1 aromatic carbocycles. The molecule has 0 aromatic heterocycles. The van der Waals surface area contributed by atoms with E-state index in [1.54, 1.807) is 14.1 Å². The molecule has 1 amide bonds. The summed E-state index contributed by atoms with van der Waals surface area (Å²) in [5, 5.41) is 0.